The number of fused-ring (bicyclic) bond motifs is 1. The molecule has 5 rings (SSSR count). The Bertz CT molecular complexity index is 1600. The summed E-state index contributed by atoms with van der Waals surface area (Å²) in [5.41, 5.74) is 3.39. The lowest BCUT2D eigenvalue weighted by Crippen LogP contribution is -2.42. The van der Waals surface area contributed by atoms with Crippen molar-refractivity contribution in [3.63, 3.8) is 0 Å². The van der Waals surface area contributed by atoms with Gasteiger partial charge >= 0.3 is 0 Å². The molecule has 2 amide bonds. The average Bonchev–Trinajstić information content (AvgIpc) is 3.47. The summed E-state index contributed by atoms with van der Waals surface area (Å²) in [4.78, 5) is 42.9. The third-order valence-electron chi connectivity index (χ3n) is 6.61. The summed E-state index contributed by atoms with van der Waals surface area (Å²) in [5, 5.41) is 3.44. The maximum Gasteiger partial charge on any atom is 0.251 e. The van der Waals surface area contributed by atoms with Crippen LogP contribution in [0.5, 0.6) is 23.0 Å². The second-order valence-corrected chi connectivity index (χ2v) is 10.6. The van der Waals surface area contributed by atoms with Crippen LogP contribution < -0.4 is 24.3 Å². The number of hydrogen-bond donors (Lipinski definition) is 1. The van der Waals surface area contributed by atoms with Gasteiger partial charge in [0.25, 0.3) is 5.91 Å². The van der Waals surface area contributed by atoms with Crippen molar-refractivity contribution in [2.75, 3.05) is 32.1 Å². The van der Waals surface area contributed by atoms with Crippen LogP contribution in [0.15, 0.2) is 72.1 Å². The van der Waals surface area contributed by atoms with Gasteiger partial charge in [-0.3, -0.25) is 14.6 Å². The van der Waals surface area contributed by atoms with E-state index in [4.69, 9.17) is 18.9 Å². The molecule has 0 saturated carbocycles. The van der Waals surface area contributed by atoms with Gasteiger partial charge in [0, 0.05) is 42.1 Å². The van der Waals surface area contributed by atoms with Crippen LogP contribution in [0.1, 0.15) is 28.6 Å². The van der Waals surface area contributed by atoms with Gasteiger partial charge in [-0.2, -0.15) is 0 Å². The number of carbonyl (C=O) groups is 2. The van der Waals surface area contributed by atoms with E-state index in [2.05, 4.69) is 20.3 Å². The van der Waals surface area contributed by atoms with Crippen LogP contribution in [0, 0.1) is 13.8 Å². The molecule has 0 spiro atoms. The van der Waals surface area contributed by atoms with Crippen molar-refractivity contribution in [1.82, 2.24) is 19.9 Å². The molecule has 0 bridgehead atoms. The highest BCUT2D eigenvalue weighted by Gasteiger charge is 2.33. The van der Waals surface area contributed by atoms with Gasteiger partial charge in [-0.1, -0.05) is 23.9 Å². The Kier molecular flexibility index (Phi) is 9.26. The standard InChI is InChI=1S/C31H31N5O6S/c1-19-12-20(2)34-31(33-19)43-17-28(37)36(16-21-6-5-11-32-15-21)29(22-7-9-24(39-3)26(13-22)40-4)30(38)35-23-8-10-25-27(14-23)42-18-41-25/h5-15,29H,16-18H2,1-4H3,(H,35,38)/t29-/m0/s1. The van der Waals surface area contributed by atoms with E-state index in [1.54, 1.807) is 54.9 Å². The quantitative estimate of drug-likeness (QED) is 0.190. The van der Waals surface area contributed by atoms with Gasteiger partial charge in [-0.25, -0.2) is 9.97 Å². The van der Waals surface area contributed by atoms with Gasteiger partial charge in [-0.15, -0.1) is 0 Å². The predicted molar refractivity (Wildman–Crippen MR) is 160 cm³/mol. The molecule has 222 valence electrons. The van der Waals surface area contributed by atoms with Crippen LogP contribution in [0.4, 0.5) is 5.69 Å². The molecule has 12 heteroatoms. The van der Waals surface area contributed by atoms with E-state index in [1.165, 1.54) is 30.9 Å². The third kappa shape index (κ3) is 7.15. The Morgan fingerprint density at radius 2 is 1.74 bits per heavy atom. The highest BCUT2D eigenvalue weighted by Crippen LogP contribution is 2.36. The van der Waals surface area contributed by atoms with Crippen molar-refractivity contribution in [3.8, 4) is 23.0 Å². The van der Waals surface area contributed by atoms with Crippen LogP contribution in [-0.4, -0.2) is 58.4 Å². The predicted octanol–water partition coefficient (Wildman–Crippen LogP) is 4.74. The van der Waals surface area contributed by atoms with Crippen molar-refractivity contribution in [2.24, 2.45) is 0 Å². The van der Waals surface area contributed by atoms with Crippen LogP contribution in [0.2, 0.25) is 0 Å². The second-order valence-electron chi connectivity index (χ2n) is 9.68. The summed E-state index contributed by atoms with van der Waals surface area (Å²) < 4.78 is 21.9. The topological polar surface area (TPSA) is 125 Å². The number of carbonyl (C=O) groups excluding carboxylic acids is 2. The van der Waals surface area contributed by atoms with Crippen molar-refractivity contribution < 1.29 is 28.5 Å². The number of nitrogens with one attached hydrogen (secondary N) is 1. The van der Waals surface area contributed by atoms with E-state index < -0.39 is 11.9 Å². The first-order valence-corrected chi connectivity index (χ1v) is 14.4. The van der Waals surface area contributed by atoms with E-state index in [1.807, 2.05) is 26.0 Å². The van der Waals surface area contributed by atoms with E-state index in [0.717, 1.165) is 17.0 Å². The number of rotatable bonds is 11. The second kappa shape index (κ2) is 13.4. The fourth-order valence-corrected chi connectivity index (χ4v) is 5.50. The van der Waals surface area contributed by atoms with Gasteiger partial charge < -0.3 is 29.2 Å². The zero-order valence-corrected chi connectivity index (χ0v) is 25.0. The van der Waals surface area contributed by atoms with Crippen molar-refractivity contribution in [3.05, 3.63) is 89.5 Å². The van der Waals surface area contributed by atoms with Crippen LogP contribution >= 0.6 is 11.8 Å². The maximum atomic E-state index is 14.2. The molecule has 0 fully saturated rings. The zero-order chi connectivity index (χ0) is 30.3. The van der Waals surface area contributed by atoms with Crippen molar-refractivity contribution >= 4 is 29.3 Å². The monoisotopic (exact) mass is 601 g/mol. The lowest BCUT2D eigenvalue weighted by atomic mass is 10.0. The first-order valence-electron chi connectivity index (χ1n) is 13.4. The number of hydrogen-bond acceptors (Lipinski definition) is 10. The summed E-state index contributed by atoms with van der Waals surface area (Å²) in [6.07, 6.45) is 3.32. The number of aryl methyl sites for hydroxylation is 2. The lowest BCUT2D eigenvalue weighted by Gasteiger charge is -2.32. The first kappa shape index (κ1) is 29.6. The molecule has 43 heavy (non-hydrogen) atoms. The zero-order valence-electron chi connectivity index (χ0n) is 24.2. The summed E-state index contributed by atoms with van der Waals surface area (Å²) in [6, 6.07) is 14.7. The Morgan fingerprint density at radius 3 is 2.47 bits per heavy atom. The number of aromatic nitrogens is 3. The first-order chi connectivity index (χ1) is 20.8. The number of anilines is 1. The molecule has 1 N–H and O–H groups in total. The van der Waals surface area contributed by atoms with E-state index >= 15 is 0 Å². The number of amides is 2. The number of nitrogens with zero attached hydrogens (tertiary/aromatic N) is 4. The molecule has 1 aliphatic heterocycles. The van der Waals surface area contributed by atoms with E-state index in [0.29, 0.717) is 39.4 Å². The molecule has 1 atom stereocenters. The van der Waals surface area contributed by atoms with Crippen LogP contribution in [0.25, 0.3) is 0 Å². The Balaban J connectivity index is 1.52. The number of thioether (sulfide) groups is 1. The highest BCUT2D eigenvalue weighted by atomic mass is 32.2. The fraction of sp³-hybridized carbons (Fsp3) is 0.258. The molecular weight excluding hydrogens is 570 g/mol. The van der Waals surface area contributed by atoms with Crippen LogP contribution in [0.3, 0.4) is 0 Å². The van der Waals surface area contributed by atoms with Gasteiger partial charge in [0.15, 0.2) is 28.2 Å². The maximum absolute atomic E-state index is 14.2. The third-order valence-corrected chi connectivity index (χ3v) is 7.44. The summed E-state index contributed by atoms with van der Waals surface area (Å²) in [6.45, 7) is 3.98. The van der Waals surface area contributed by atoms with Crippen molar-refractivity contribution in [1.29, 1.82) is 0 Å². The molecule has 2 aromatic carbocycles. The number of benzene rings is 2. The minimum Gasteiger partial charge on any atom is -0.493 e. The molecule has 4 aromatic rings. The molecule has 3 heterocycles. The van der Waals surface area contributed by atoms with E-state index in [-0.39, 0.29) is 25.0 Å². The molecular formula is C31H31N5O6S. The normalized spacial score (nSPS) is 12.4. The molecule has 2 aromatic heterocycles. The van der Waals surface area contributed by atoms with E-state index in [9.17, 15) is 9.59 Å². The molecule has 0 radical (unpaired) electrons. The molecule has 1 aliphatic rings. The Morgan fingerprint density at radius 1 is 0.977 bits per heavy atom. The molecule has 0 saturated heterocycles. The Hall–Kier alpha value is -4.84. The summed E-state index contributed by atoms with van der Waals surface area (Å²) in [5.74, 6) is 1.31. The largest absolute Gasteiger partial charge is 0.493 e. The average molecular weight is 602 g/mol. The highest BCUT2D eigenvalue weighted by molar-refractivity contribution is 7.99. The summed E-state index contributed by atoms with van der Waals surface area (Å²) in [7, 11) is 3.05. The number of ether oxygens (including phenoxy) is 4. The van der Waals surface area contributed by atoms with Crippen LogP contribution in [-0.2, 0) is 16.1 Å². The van der Waals surface area contributed by atoms with Gasteiger partial charge in [-0.05, 0) is 61.4 Å². The lowest BCUT2D eigenvalue weighted by molar-refractivity contribution is -0.137. The summed E-state index contributed by atoms with van der Waals surface area (Å²) >= 11 is 1.22. The number of methoxy groups -OCH3 is 2. The molecule has 0 unspecified atom stereocenters. The number of pyridine rings is 1. The van der Waals surface area contributed by atoms with Gasteiger partial charge in [0.05, 0.1) is 20.0 Å². The minimum atomic E-state index is -1.06. The Labute approximate surface area is 253 Å². The van der Waals surface area contributed by atoms with Gasteiger partial charge in [0.1, 0.15) is 6.04 Å². The SMILES string of the molecule is COc1ccc([C@@H](C(=O)Nc2ccc3c(c2)OCO3)N(Cc2cccnc2)C(=O)CSc2nc(C)cc(C)n2)cc1OC. The fourth-order valence-electron chi connectivity index (χ4n) is 4.66. The van der Waals surface area contributed by atoms with Gasteiger partial charge in [0.2, 0.25) is 12.7 Å². The smallest absolute Gasteiger partial charge is 0.251 e. The molecule has 11 nitrogen and oxygen atoms in total. The minimum absolute atomic E-state index is 0.00422. The van der Waals surface area contributed by atoms with Crippen molar-refractivity contribution in [2.45, 2.75) is 31.6 Å². The molecule has 0 aliphatic carbocycles.